The van der Waals surface area contributed by atoms with E-state index in [9.17, 15) is 14.4 Å². The van der Waals surface area contributed by atoms with Gasteiger partial charge in [-0.05, 0) is 48.2 Å². The number of primary amides is 1. The lowest BCUT2D eigenvalue weighted by Gasteiger charge is -2.40. The van der Waals surface area contributed by atoms with Gasteiger partial charge < -0.3 is 20.7 Å². The predicted octanol–water partition coefficient (Wildman–Crippen LogP) is 3.87. The van der Waals surface area contributed by atoms with Crippen LogP contribution in [0.5, 0.6) is 0 Å². The van der Waals surface area contributed by atoms with Gasteiger partial charge in [0.1, 0.15) is 6.04 Å². The van der Waals surface area contributed by atoms with E-state index in [0.29, 0.717) is 29.3 Å². The number of rotatable bonds is 6. The standard InChI is InChI=1S/C25H29N3O4/c1-32-25(31)18-9-7-17(8-10-18)15-28-21-12-11-19(23(26)29)14-20(21)27-24(30)22(28)13-16-5-3-2-4-6-16/h7-12,14,16,22H,2-6,13,15H2,1H3,(H2,26,29)(H,27,30)/t22-/m0/s1. The lowest BCUT2D eigenvalue weighted by Crippen LogP contribution is -2.48. The topological polar surface area (TPSA) is 102 Å². The number of hydrogen-bond donors (Lipinski definition) is 2. The van der Waals surface area contributed by atoms with Crippen LogP contribution in [0.1, 0.15) is 64.8 Å². The molecule has 2 aromatic carbocycles. The molecule has 0 saturated heterocycles. The molecular formula is C25H29N3O4. The van der Waals surface area contributed by atoms with Crippen LogP contribution in [-0.2, 0) is 16.1 Å². The quantitative estimate of drug-likeness (QED) is 0.671. The third kappa shape index (κ3) is 4.61. The Morgan fingerprint density at radius 1 is 1.06 bits per heavy atom. The van der Waals surface area contributed by atoms with Crippen LogP contribution in [0, 0.1) is 5.92 Å². The summed E-state index contributed by atoms with van der Waals surface area (Å²) in [6.07, 6.45) is 6.79. The van der Waals surface area contributed by atoms with Gasteiger partial charge in [-0.25, -0.2) is 4.79 Å². The fourth-order valence-electron chi connectivity index (χ4n) is 4.79. The Labute approximate surface area is 187 Å². The Kier molecular flexibility index (Phi) is 6.44. The summed E-state index contributed by atoms with van der Waals surface area (Å²) in [6, 6.07) is 12.1. The van der Waals surface area contributed by atoms with Crippen molar-refractivity contribution in [2.24, 2.45) is 11.7 Å². The number of ether oxygens (including phenoxy) is 1. The Balaban J connectivity index is 1.65. The molecule has 0 spiro atoms. The Hall–Kier alpha value is -3.35. The molecule has 168 valence electrons. The number of nitrogens with two attached hydrogens (primary N) is 1. The van der Waals surface area contributed by atoms with Crippen LogP contribution < -0.4 is 16.0 Å². The van der Waals surface area contributed by atoms with Crippen LogP contribution in [0.2, 0.25) is 0 Å². The lowest BCUT2D eigenvalue weighted by atomic mass is 9.83. The smallest absolute Gasteiger partial charge is 0.337 e. The van der Waals surface area contributed by atoms with Crippen LogP contribution in [0.3, 0.4) is 0 Å². The molecule has 2 aliphatic rings. The molecule has 7 heteroatoms. The summed E-state index contributed by atoms with van der Waals surface area (Å²) in [5.41, 5.74) is 8.72. The van der Waals surface area contributed by atoms with Crippen molar-refractivity contribution in [3.8, 4) is 0 Å². The SMILES string of the molecule is COC(=O)c1ccc(CN2c3ccc(C(N)=O)cc3NC(=O)[C@@H]2CC2CCCCC2)cc1. The van der Waals surface area contributed by atoms with E-state index in [1.807, 2.05) is 18.2 Å². The van der Waals surface area contributed by atoms with Crippen molar-refractivity contribution in [2.75, 3.05) is 17.3 Å². The van der Waals surface area contributed by atoms with Gasteiger partial charge in [-0.15, -0.1) is 0 Å². The number of methoxy groups -OCH3 is 1. The highest BCUT2D eigenvalue weighted by Crippen LogP contribution is 2.38. The van der Waals surface area contributed by atoms with E-state index in [-0.39, 0.29) is 17.9 Å². The Bertz CT molecular complexity index is 1010. The molecule has 0 unspecified atom stereocenters. The molecule has 1 saturated carbocycles. The molecule has 1 aliphatic heterocycles. The van der Waals surface area contributed by atoms with Gasteiger partial charge in [0, 0.05) is 12.1 Å². The molecule has 3 N–H and O–H groups in total. The van der Waals surface area contributed by atoms with Crippen molar-refractivity contribution in [1.82, 2.24) is 0 Å². The van der Waals surface area contributed by atoms with Crippen LogP contribution in [0.4, 0.5) is 11.4 Å². The number of benzene rings is 2. The first kappa shape index (κ1) is 21.9. The monoisotopic (exact) mass is 435 g/mol. The molecule has 7 nitrogen and oxygen atoms in total. The van der Waals surface area contributed by atoms with Gasteiger partial charge in [0.15, 0.2) is 0 Å². The number of hydrogen-bond acceptors (Lipinski definition) is 5. The molecule has 1 heterocycles. The zero-order chi connectivity index (χ0) is 22.7. The molecule has 1 atom stereocenters. The first-order valence-electron chi connectivity index (χ1n) is 11.1. The first-order chi connectivity index (χ1) is 15.5. The lowest BCUT2D eigenvalue weighted by molar-refractivity contribution is -0.118. The number of carbonyl (C=O) groups excluding carboxylic acids is 3. The average molecular weight is 436 g/mol. The zero-order valence-corrected chi connectivity index (χ0v) is 18.3. The van der Waals surface area contributed by atoms with Gasteiger partial charge in [0.2, 0.25) is 11.8 Å². The number of nitrogens with one attached hydrogen (secondary N) is 1. The summed E-state index contributed by atoms with van der Waals surface area (Å²) in [4.78, 5) is 38.7. The van der Waals surface area contributed by atoms with Gasteiger partial charge in [0.25, 0.3) is 0 Å². The van der Waals surface area contributed by atoms with Gasteiger partial charge in [-0.2, -0.15) is 0 Å². The number of nitrogens with zero attached hydrogens (tertiary/aromatic N) is 1. The second-order valence-electron chi connectivity index (χ2n) is 8.66. The van der Waals surface area contributed by atoms with Crippen LogP contribution in [0.25, 0.3) is 0 Å². The van der Waals surface area contributed by atoms with Crippen molar-refractivity contribution < 1.29 is 19.1 Å². The van der Waals surface area contributed by atoms with Gasteiger partial charge in [0.05, 0.1) is 24.0 Å². The molecule has 4 rings (SSSR count). The highest BCUT2D eigenvalue weighted by molar-refractivity contribution is 6.05. The molecule has 1 fully saturated rings. The Morgan fingerprint density at radius 2 is 1.75 bits per heavy atom. The Morgan fingerprint density at radius 3 is 2.41 bits per heavy atom. The van der Waals surface area contributed by atoms with E-state index < -0.39 is 5.91 Å². The highest BCUT2D eigenvalue weighted by atomic mass is 16.5. The summed E-state index contributed by atoms with van der Waals surface area (Å²) in [5.74, 6) is -0.448. The van der Waals surface area contributed by atoms with Gasteiger partial charge in [-0.1, -0.05) is 44.2 Å². The van der Waals surface area contributed by atoms with E-state index in [1.54, 1.807) is 24.3 Å². The molecule has 1 aliphatic carbocycles. The van der Waals surface area contributed by atoms with E-state index >= 15 is 0 Å². The van der Waals surface area contributed by atoms with E-state index in [2.05, 4.69) is 10.2 Å². The second kappa shape index (κ2) is 9.42. The maximum atomic E-state index is 13.2. The number of fused-ring (bicyclic) bond motifs is 1. The molecule has 32 heavy (non-hydrogen) atoms. The molecule has 2 amide bonds. The molecule has 0 bridgehead atoms. The minimum absolute atomic E-state index is 0.0594. The van der Waals surface area contributed by atoms with E-state index in [0.717, 1.165) is 30.5 Å². The van der Waals surface area contributed by atoms with Crippen molar-refractivity contribution >= 4 is 29.2 Å². The molecule has 0 aromatic heterocycles. The second-order valence-corrected chi connectivity index (χ2v) is 8.66. The number of esters is 1. The average Bonchev–Trinajstić information content (AvgIpc) is 2.81. The summed E-state index contributed by atoms with van der Waals surface area (Å²) >= 11 is 0. The largest absolute Gasteiger partial charge is 0.465 e. The molecule has 2 aromatic rings. The minimum Gasteiger partial charge on any atom is -0.465 e. The maximum Gasteiger partial charge on any atom is 0.337 e. The van der Waals surface area contributed by atoms with E-state index in [1.165, 1.54) is 26.4 Å². The van der Waals surface area contributed by atoms with Crippen LogP contribution >= 0.6 is 0 Å². The fourth-order valence-corrected chi connectivity index (χ4v) is 4.79. The van der Waals surface area contributed by atoms with E-state index in [4.69, 9.17) is 10.5 Å². The molecule has 0 radical (unpaired) electrons. The number of carbonyl (C=O) groups is 3. The summed E-state index contributed by atoms with van der Waals surface area (Å²) in [5, 5.41) is 2.99. The van der Waals surface area contributed by atoms with Crippen molar-refractivity contribution in [2.45, 2.75) is 51.1 Å². The van der Waals surface area contributed by atoms with Crippen molar-refractivity contribution in [1.29, 1.82) is 0 Å². The third-order valence-corrected chi connectivity index (χ3v) is 6.54. The minimum atomic E-state index is -0.531. The van der Waals surface area contributed by atoms with Crippen molar-refractivity contribution in [3.05, 3.63) is 59.2 Å². The maximum absolute atomic E-state index is 13.2. The number of anilines is 2. The first-order valence-corrected chi connectivity index (χ1v) is 11.1. The fraction of sp³-hybridized carbons (Fsp3) is 0.400. The zero-order valence-electron chi connectivity index (χ0n) is 18.3. The van der Waals surface area contributed by atoms with Crippen LogP contribution in [-0.4, -0.2) is 30.9 Å². The van der Waals surface area contributed by atoms with Gasteiger partial charge in [-0.3, -0.25) is 9.59 Å². The van der Waals surface area contributed by atoms with Gasteiger partial charge >= 0.3 is 5.97 Å². The summed E-state index contributed by atoms with van der Waals surface area (Å²) in [7, 11) is 1.36. The normalized spacial score (nSPS) is 18.6. The summed E-state index contributed by atoms with van der Waals surface area (Å²) < 4.78 is 4.78. The highest BCUT2D eigenvalue weighted by Gasteiger charge is 2.35. The third-order valence-electron chi connectivity index (χ3n) is 6.54. The summed E-state index contributed by atoms with van der Waals surface area (Å²) in [6.45, 7) is 0.509. The van der Waals surface area contributed by atoms with Crippen LogP contribution in [0.15, 0.2) is 42.5 Å². The molecular weight excluding hydrogens is 406 g/mol. The number of amides is 2. The van der Waals surface area contributed by atoms with Crippen molar-refractivity contribution in [3.63, 3.8) is 0 Å². The predicted molar refractivity (Wildman–Crippen MR) is 123 cm³/mol.